The molecule has 1 aromatic carbocycles. The number of thioether (sulfide) groups is 1. The lowest BCUT2D eigenvalue weighted by molar-refractivity contribution is 0.369. The standard InChI is InChI=1S/C11H13F2NS/c12-8-2-1-3-9(13)10(8)11(14)4-6-15-7-5-11/h1-3H,4-7,14H2. The third-order valence-electron chi connectivity index (χ3n) is 2.85. The molecule has 1 aliphatic heterocycles. The largest absolute Gasteiger partial charge is 0.321 e. The molecule has 2 rings (SSSR count). The van der Waals surface area contributed by atoms with Gasteiger partial charge in [0.05, 0.1) is 0 Å². The third kappa shape index (κ3) is 2.01. The second-order valence-corrected chi connectivity index (χ2v) is 5.09. The summed E-state index contributed by atoms with van der Waals surface area (Å²) in [5.41, 5.74) is 5.33. The van der Waals surface area contributed by atoms with E-state index in [2.05, 4.69) is 0 Å². The molecule has 0 atom stereocenters. The van der Waals surface area contributed by atoms with Crippen LogP contribution in [0.25, 0.3) is 0 Å². The van der Waals surface area contributed by atoms with E-state index in [0.717, 1.165) is 11.5 Å². The Balaban J connectivity index is 2.42. The molecular formula is C11H13F2NS. The molecule has 0 spiro atoms. The van der Waals surface area contributed by atoms with Crippen molar-refractivity contribution in [2.24, 2.45) is 5.73 Å². The van der Waals surface area contributed by atoms with E-state index in [0.29, 0.717) is 12.8 Å². The molecule has 0 aliphatic carbocycles. The van der Waals surface area contributed by atoms with Crippen LogP contribution in [-0.4, -0.2) is 11.5 Å². The van der Waals surface area contributed by atoms with Gasteiger partial charge in [-0.05, 0) is 36.5 Å². The van der Waals surface area contributed by atoms with Crippen molar-refractivity contribution >= 4 is 11.8 Å². The SMILES string of the molecule is NC1(c2c(F)cccc2F)CCSCC1. The van der Waals surface area contributed by atoms with Gasteiger partial charge in [-0.25, -0.2) is 8.78 Å². The fourth-order valence-electron chi connectivity index (χ4n) is 1.96. The van der Waals surface area contributed by atoms with Crippen LogP contribution < -0.4 is 5.73 Å². The van der Waals surface area contributed by atoms with Crippen molar-refractivity contribution in [2.75, 3.05) is 11.5 Å². The molecule has 1 heterocycles. The zero-order chi connectivity index (χ0) is 10.9. The Morgan fingerprint density at radius 2 is 1.67 bits per heavy atom. The molecule has 0 bridgehead atoms. The van der Waals surface area contributed by atoms with Gasteiger partial charge in [0, 0.05) is 11.1 Å². The molecule has 4 heteroatoms. The summed E-state index contributed by atoms with van der Waals surface area (Å²) in [6.07, 6.45) is 1.27. The fourth-order valence-corrected chi connectivity index (χ4v) is 3.18. The van der Waals surface area contributed by atoms with Crippen LogP contribution in [0.4, 0.5) is 8.78 Å². The van der Waals surface area contributed by atoms with Crippen LogP contribution in [0.1, 0.15) is 18.4 Å². The Kier molecular flexibility index (Phi) is 2.98. The Morgan fingerprint density at radius 3 is 2.20 bits per heavy atom. The predicted octanol–water partition coefficient (Wildman–Crippen LogP) is 2.65. The van der Waals surface area contributed by atoms with Crippen LogP contribution in [0.5, 0.6) is 0 Å². The summed E-state index contributed by atoms with van der Waals surface area (Å²) in [6, 6.07) is 3.92. The highest BCUT2D eigenvalue weighted by Crippen LogP contribution is 2.36. The minimum atomic E-state index is -0.819. The van der Waals surface area contributed by atoms with Gasteiger partial charge in [-0.15, -0.1) is 0 Å². The molecule has 82 valence electrons. The summed E-state index contributed by atoms with van der Waals surface area (Å²) in [4.78, 5) is 0. The molecule has 0 amide bonds. The van der Waals surface area contributed by atoms with E-state index >= 15 is 0 Å². The molecule has 1 nitrogen and oxygen atoms in total. The number of hydrogen-bond donors (Lipinski definition) is 1. The first-order valence-electron chi connectivity index (χ1n) is 4.95. The van der Waals surface area contributed by atoms with Gasteiger partial charge in [-0.2, -0.15) is 11.8 Å². The predicted molar refractivity (Wildman–Crippen MR) is 58.8 cm³/mol. The van der Waals surface area contributed by atoms with Crippen molar-refractivity contribution in [1.29, 1.82) is 0 Å². The number of rotatable bonds is 1. The summed E-state index contributed by atoms with van der Waals surface area (Å²) in [7, 11) is 0. The molecule has 1 aromatic rings. The smallest absolute Gasteiger partial charge is 0.131 e. The van der Waals surface area contributed by atoms with E-state index in [1.807, 2.05) is 0 Å². The van der Waals surface area contributed by atoms with E-state index in [9.17, 15) is 8.78 Å². The summed E-state index contributed by atoms with van der Waals surface area (Å²) >= 11 is 1.78. The molecule has 1 aliphatic rings. The number of halogens is 2. The summed E-state index contributed by atoms with van der Waals surface area (Å²) in [5.74, 6) is 0.683. The van der Waals surface area contributed by atoms with E-state index in [1.165, 1.54) is 18.2 Å². The molecule has 0 aromatic heterocycles. The molecule has 1 fully saturated rings. The van der Waals surface area contributed by atoms with Gasteiger partial charge >= 0.3 is 0 Å². The Bertz CT molecular complexity index is 341. The minimum Gasteiger partial charge on any atom is -0.321 e. The van der Waals surface area contributed by atoms with Crippen molar-refractivity contribution in [1.82, 2.24) is 0 Å². The molecule has 2 N–H and O–H groups in total. The molecule has 0 radical (unpaired) electrons. The van der Waals surface area contributed by atoms with Gasteiger partial charge in [0.2, 0.25) is 0 Å². The van der Waals surface area contributed by atoms with Crippen molar-refractivity contribution in [3.8, 4) is 0 Å². The maximum Gasteiger partial charge on any atom is 0.131 e. The van der Waals surface area contributed by atoms with E-state index in [1.54, 1.807) is 11.8 Å². The topological polar surface area (TPSA) is 26.0 Å². The average Bonchev–Trinajstić information content (AvgIpc) is 2.18. The highest BCUT2D eigenvalue weighted by atomic mass is 32.2. The first kappa shape index (κ1) is 10.9. The molecule has 0 unspecified atom stereocenters. The highest BCUT2D eigenvalue weighted by Gasteiger charge is 2.34. The van der Waals surface area contributed by atoms with Crippen LogP contribution >= 0.6 is 11.8 Å². The quantitative estimate of drug-likeness (QED) is 0.801. The van der Waals surface area contributed by atoms with Gasteiger partial charge in [0.1, 0.15) is 11.6 Å². The lowest BCUT2D eigenvalue weighted by atomic mass is 9.84. The maximum absolute atomic E-state index is 13.6. The molecule has 1 saturated heterocycles. The molecule has 15 heavy (non-hydrogen) atoms. The van der Waals surface area contributed by atoms with Gasteiger partial charge in [-0.3, -0.25) is 0 Å². The van der Waals surface area contributed by atoms with Crippen molar-refractivity contribution in [3.05, 3.63) is 35.4 Å². The maximum atomic E-state index is 13.6. The lowest BCUT2D eigenvalue weighted by Crippen LogP contribution is -2.41. The van der Waals surface area contributed by atoms with Gasteiger partial charge in [0.25, 0.3) is 0 Å². The first-order chi connectivity index (χ1) is 7.13. The van der Waals surface area contributed by atoms with E-state index in [4.69, 9.17) is 5.73 Å². The van der Waals surface area contributed by atoms with E-state index in [-0.39, 0.29) is 5.56 Å². The van der Waals surface area contributed by atoms with Crippen molar-refractivity contribution in [3.63, 3.8) is 0 Å². The van der Waals surface area contributed by atoms with Gasteiger partial charge < -0.3 is 5.73 Å². The van der Waals surface area contributed by atoms with Crippen molar-refractivity contribution in [2.45, 2.75) is 18.4 Å². The summed E-state index contributed by atoms with van der Waals surface area (Å²) in [6.45, 7) is 0. The third-order valence-corrected chi connectivity index (χ3v) is 3.83. The zero-order valence-electron chi connectivity index (χ0n) is 8.30. The summed E-state index contributed by atoms with van der Waals surface area (Å²) < 4.78 is 27.1. The zero-order valence-corrected chi connectivity index (χ0v) is 9.12. The van der Waals surface area contributed by atoms with Crippen LogP contribution in [-0.2, 0) is 5.54 Å². The summed E-state index contributed by atoms with van der Waals surface area (Å²) in [5, 5.41) is 0. The van der Waals surface area contributed by atoms with Crippen LogP contribution in [0.15, 0.2) is 18.2 Å². The number of benzene rings is 1. The van der Waals surface area contributed by atoms with Crippen LogP contribution in [0.3, 0.4) is 0 Å². The first-order valence-corrected chi connectivity index (χ1v) is 6.10. The minimum absolute atomic E-state index is 0.0605. The Labute approximate surface area is 92.0 Å². The molecular weight excluding hydrogens is 216 g/mol. The second kappa shape index (κ2) is 4.10. The Morgan fingerprint density at radius 1 is 1.13 bits per heavy atom. The second-order valence-electron chi connectivity index (χ2n) is 3.87. The number of hydrogen-bond acceptors (Lipinski definition) is 2. The van der Waals surface area contributed by atoms with Crippen LogP contribution in [0.2, 0.25) is 0 Å². The van der Waals surface area contributed by atoms with Gasteiger partial charge in [-0.1, -0.05) is 6.07 Å². The van der Waals surface area contributed by atoms with E-state index < -0.39 is 17.2 Å². The van der Waals surface area contributed by atoms with Crippen molar-refractivity contribution < 1.29 is 8.78 Å². The molecule has 0 saturated carbocycles. The normalized spacial score (nSPS) is 20.2. The van der Waals surface area contributed by atoms with Gasteiger partial charge in [0.15, 0.2) is 0 Å². The fraction of sp³-hybridized carbons (Fsp3) is 0.455. The highest BCUT2D eigenvalue weighted by molar-refractivity contribution is 7.99. The van der Waals surface area contributed by atoms with Crippen LogP contribution in [0, 0.1) is 11.6 Å². The lowest BCUT2D eigenvalue weighted by Gasteiger charge is -2.33. The number of nitrogens with two attached hydrogens (primary N) is 1. The Hall–Kier alpha value is -0.610. The average molecular weight is 229 g/mol. The monoisotopic (exact) mass is 229 g/mol.